The van der Waals surface area contributed by atoms with Crippen LogP contribution in [0.1, 0.15) is 42.4 Å². The largest absolute Gasteiger partial charge is 0.507 e. The first kappa shape index (κ1) is 15.2. The number of aryl methyl sites for hydroxylation is 1. The zero-order valence-corrected chi connectivity index (χ0v) is 13.4. The molecule has 4 heteroatoms. The van der Waals surface area contributed by atoms with Crippen molar-refractivity contribution >= 4 is 17.7 Å². The van der Waals surface area contributed by atoms with E-state index >= 15 is 0 Å². The average molecular weight is 294 g/mol. The summed E-state index contributed by atoms with van der Waals surface area (Å²) in [7, 11) is 1.44. The zero-order chi connectivity index (χ0) is 14.9. The number of ether oxygens (including phenoxy) is 1. The molecule has 0 saturated heterocycles. The van der Waals surface area contributed by atoms with Crippen LogP contribution in [0, 0.1) is 20.8 Å². The molecule has 0 bridgehead atoms. The summed E-state index contributed by atoms with van der Waals surface area (Å²) in [6, 6.07) is 2.03. The van der Waals surface area contributed by atoms with E-state index in [-0.39, 0.29) is 10.7 Å². The molecule has 1 aliphatic rings. The number of hydrogen-bond acceptors (Lipinski definition) is 4. The minimum Gasteiger partial charge on any atom is -0.507 e. The number of aromatic hydroxyl groups is 1. The summed E-state index contributed by atoms with van der Waals surface area (Å²) in [6.07, 6.45) is 3.72. The van der Waals surface area contributed by atoms with Gasteiger partial charge in [0.15, 0.2) is 0 Å². The van der Waals surface area contributed by atoms with Gasteiger partial charge < -0.3 is 9.84 Å². The lowest BCUT2D eigenvalue weighted by molar-refractivity contribution is -0.141. The normalized spacial score (nSPS) is 16.6. The Kier molecular flexibility index (Phi) is 4.33. The molecule has 3 nitrogen and oxygen atoms in total. The SMILES string of the molecule is COC(=O)CC1(Sc2cc(C)c(O)c(C)c2C)CCC1. The standard InChI is InChI=1S/C16H22O3S/c1-10-8-13(11(2)12(3)15(10)18)20-16(6-5-7-16)9-14(17)19-4/h8,18H,5-7,9H2,1-4H3. The zero-order valence-electron chi connectivity index (χ0n) is 12.6. The van der Waals surface area contributed by atoms with E-state index in [0.29, 0.717) is 12.2 Å². The van der Waals surface area contributed by atoms with Gasteiger partial charge in [0.05, 0.1) is 13.5 Å². The van der Waals surface area contributed by atoms with Gasteiger partial charge in [-0.1, -0.05) is 6.42 Å². The van der Waals surface area contributed by atoms with E-state index in [1.165, 1.54) is 18.4 Å². The highest BCUT2D eigenvalue weighted by atomic mass is 32.2. The van der Waals surface area contributed by atoms with E-state index < -0.39 is 0 Å². The lowest BCUT2D eigenvalue weighted by atomic mass is 9.82. The lowest BCUT2D eigenvalue weighted by Gasteiger charge is -2.41. The Morgan fingerprint density at radius 2 is 2.00 bits per heavy atom. The van der Waals surface area contributed by atoms with Gasteiger partial charge in [-0.05, 0) is 56.4 Å². The molecule has 1 aromatic carbocycles. The van der Waals surface area contributed by atoms with Crippen molar-refractivity contribution < 1.29 is 14.6 Å². The Morgan fingerprint density at radius 1 is 1.35 bits per heavy atom. The smallest absolute Gasteiger partial charge is 0.306 e. The second-order valence-electron chi connectivity index (χ2n) is 5.68. The number of thioether (sulfide) groups is 1. The van der Waals surface area contributed by atoms with Crippen LogP contribution in [0.2, 0.25) is 0 Å². The monoisotopic (exact) mass is 294 g/mol. The molecule has 0 aliphatic heterocycles. The van der Waals surface area contributed by atoms with Crippen LogP contribution >= 0.6 is 11.8 Å². The first-order valence-electron chi connectivity index (χ1n) is 6.94. The molecule has 1 saturated carbocycles. The molecule has 20 heavy (non-hydrogen) atoms. The second-order valence-corrected chi connectivity index (χ2v) is 7.19. The van der Waals surface area contributed by atoms with Gasteiger partial charge in [0.1, 0.15) is 5.75 Å². The van der Waals surface area contributed by atoms with Gasteiger partial charge >= 0.3 is 5.97 Å². The second kappa shape index (κ2) is 5.68. The third-order valence-corrected chi connectivity index (χ3v) is 5.92. The van der Waals surface area contributed by atoms with Crippen LogP contribution in [-0.2, 0) is 9.53 Å². The molecule has 2 rings (SSSR count). The molecule has 110 valence electrons. The number of hydrogen-bond donors (Lipinski definition) is 1. The van der Waals surface area contributed by atoms with Crippen molar-refractivity contribution in [1.29, 1.82) is 0 Å². The molecule has 0 radical (unpaired) electrons. The van der Waals surface area contributed by atoms with Crippen molar-refractivity contribution in [3.63, 3.8) is 0 Å². The number of rotatable bonds is 4. The van der Waals surface area contributed by atoms with Gasteiger partial charge in [-0.2, -0.15) is 0 Å². The highest BCUT2D eigenvalue weighted by Crippen LogP contribution is 2.51. The highest BCUT2D eigenvalue weighted by Gasteiger charge is 2.40. The summed E-state index contributed by atoms with van der Waals surface area (Å²) >= 11 is 1.77. The Morgan fingerprint density at radius 3 is 2.50 bits per heavy atom. The molecular weight excluding hydrogens is 272 g/mol. The van der Waals surface area contributed by atoms with E-state index in [9.17, 15) is 9.90 Å². The molecule has 1 N–H and O–H groups in total. The summed E-state index contributed by atoms with van der Waals surface area (Å²) in [5.74, 6) is 0.240. The Labute approximate surface area is 124 Å². The Bertz CT molecular complexity index is 533. The molecule has 1 fully saturated rings. The van der Waals surface area contributed by atoms with E-state index in [0.717, 1.165) is 29.5 Å². The lowest BCUT2D eigenvalue weighted by Crippen LogP contribution is -2.36. The number of phenolic OH excluding ortho intramolecular Hbond substituents is 1. The summed E-state index contributed by atoms with van der Waals surface area (Å²) in [4.78, 5) is 12.8. The first-order chi connectivity index (χ1) is 9.38. The number of carbonyl (C=O) groups is 1. The Hall–Kier alpha value is -1.16. The van der Waals surface area contributed by atoms with Crippen LogP contribution in [-0.4, -0.2) is 22.9 Å². The molecular formula is C16H22O3S. The third-order valence-electron chi connectivity index (χ3n) is 4.29. The minimum absolute atomic E-state index is 0.0201. The van der Waals surface area contributed by atoms with Gasteiger partial charge in [0.2, 0.25) is 0 Å². The summed E-state index contributed by atoms with van der Waals surface area (Å²) in [6.45, 7) is 5.89. The fourth-order valence-electron chi connectivity index (χ4n) is 2.59. The molecule has 1 aromatic rings. The van der Waals surface area contributed by atoms with E-state index in [2.05, 4.69) is 0 Å². The van der Waals surface area contributed by atoms with E-state index in [1.807, 2.05) is 26.8 Å². The quantitative estimate of drug-likeness (QED) is 0.856. The van der Waals surface area contributed by atoms with Gasteiger partial charge in [0, 0.05) is 9.64 Å². The maximum Gasteiger partial charge on any atom is 0.306 e. The van der Waals surface area contributed by atoms with Crippen molar-refractivity contribution in [2.24, 2.45) is 0 Å². The van der Waals surface area contributed by atoms with Crippen LogP contribution in [0.5, 0.6) is 5.75 Å². The number of esters is 1. The summed E-state index contributed by atoms with van der Waals surface area (Å²) in [5.41, 5.74) is 2.93. The predicted octanol–water partition coefficient (Wildman–Crippen LogP) is 3.90. The van der Waals surface area contributed by atoms with Gasteiger partial charge in [-0.15, -0.1) is 11.8 Å². The summed E-state index contributed by atoms with van der Waals surface area (Å²) < 4.78 is 4.80. The maximum atomic E-state index is 11.6. The van der Waals surface area contributed by atoms with Gasteiger partial charge in [0.25, 0.3) is 0 Å². The molecule has 0 unspecified atom stereocenters. The fraction of sp³-hybridized carbons (Fsp3) is 0.562. The van der Waals surface area contributed by atoms with Crippen molar-refractivity contribution in [2.75, 3.05) is 7.11 Å². The van der Waals surface area contributed by atoms with E-state index in [4.69, 9.17) is 4.74 Å². The molecule has 0 aromatic heterocycles. The van der Waals surface area contributed by atoms with Gasteiger partial charge in [-0.25, -0.2) is 0 Å². The third kappa shape index (κ3) is 2.80. The topological polar surface area (TPSA) is 46.5 Å². The highest BCUT2D eigenvalue weighted by molar-refractivity contribution is 8.00. The van der Waals surface area contributed by atoms with Crippen molar-refractivity contribution in [2.45, 2.75) is 56.1 Å². The molecule has 0 spiro atoms. The maximum absolute atomic E-state index is 11.6. The average Bonchev–Trinajstić information content (AvgIpc) is 2.39. The van der Waals surface area contributed by atoms with Crippen LogP contribution in [0.15, 0.2) is 11.0 Å². The minimum atomic E-state index is -0.137. The molecule has 1 aliphatic carbocycles. The van der Waals surface area contributed by atoms with Crippen molar-refractivity contribution in [3.8, 4) is 5.75 Å². The molecule has 0 atom stereocenters. The Balaban J connectivity index is 2.26. The molecule has 0 heterocycles. The van der Waals surface area contributed by atoms with Crippen LogP contribution in [0.25, 0.3) is 0 Å². The van der Waals surface area contributed by atoms with E-state index in [1.54, 1.807) is 11.8 Å². The number of phenols is 1. The molecule has 0 amide bonds. The van der Waals surface area contributed by atoms with Crippen LogP contribution in [0.3, 0.4) is 0 Å². The number of methoxy groups -OCH3 is 1. The van der Waals surface area contributed by atoms with Crippen LogP contribution in [0.4, 0.5) is 0 Å². The van der Waals surface area contributed by atoms with Crippen LogP contribution < -0.4 is 0 Å². The van der Waals surface area contributed by atoms with Crippen molar-refractivity contribution in [3.05, 3.63) is 22.8 Å². The fourth-order valence-corrected chi connectivity index (χ4v) is 4.28. The summed E-state index contributed by atoms with van der Waals surface area (Å²) in [5, 5.41) is 9.98. The number of benzene rings is 1. The van der Waals surface area contributed by atoms with Gasteiger partial charge in [-0.3, -0.25) is 4.79 Å². The first-order valence-corrected chi connectivity index (χ1v) is 7.76. The number of carbonyl (C=O) groups excluding carboxylic acids is 1. The van der Waals surface area contributed by atoms with Crippen molar-refractivity contribution in [1.82, 2.24) is 0 Å². The predicted molar refractivity (Wildman–Crippen MR) is 81.4 cm³/mol.